The molecule has 0 aromatic heterocycles. The quantitative estimate of drug-likeness (QED) is 0.591. The summed E-state index contributed by atoms with van der Waals surface area (Å²) in [5.74, 6) is 0. The second-order valence-corrected chi connectivity index (χ2v) is 8.11. The Balaban J connectivity index is 1.62. The summed E-state index contributed by atoms with van der Waals surface area (Å²) in [5, 5.41) is 5.36. The number of nitrogens with one attached hydrogen (secondary N) is 1. The van der Waals surface area contributed by atoms with Gasteiger partial charge in [0.1, 0.15) is 0 Å². The average molecular weight is 459 g/mol. The first-order valence-corrected chi connectivity index (χ1v) is 9.92. The third-order valence-electron chi connectivity index (χ3n) is 4.25. The minimum Gasteiger partial charge on any atom is -0.368 e. The fourth-order valence-corrected chi connectivity index (χ4v) is 4.04. The number of piperazine rings is 1. The molecule has 0 aliphatic carbocycles. The van der Waals surface area contributed by atoms with Crippen LogP contribution in [0.2, 0.25) is 10.0 Å². The molecule has 1 aliphatic rings. The molecule has 1 N–H and O–H groups in total. The van der Waals surface area contributed by atoms with Crippen molar-refractivity contribution in [2.45, 2.75) is 6.92 Å². The van der Waals surface area contributed by atoms with Gasteiger partial charge in [0.2, 0.25) is 0 Å². The molecule has 3 nitrogen and oxygen atoms in total. The summed E-state index contributed by atoms with van der Waals surface area (Å²) in [6.07, 6.45) is 0. The largest absolute Gasteiger partial charge is 0.368 e. The molecule has 1 aliphatic heterocycles. The normalized spacial score (nSPS) is 14.6. The predicted molar refractivity (Wildman–Crippen MR) is 115 cm³/mol. The predicted octanol–water partition coefficient (Wildman–Crippen LogP) is 5.58. The van der Waals surface area contributed by atoms with Crippen molar-refractivity contribution in [3.05, 3.63) is 56.5 Å². The first-order chi connectivity index (χ1) is 11.9. The molecule has 0 atom stereocenters. The summed E-state index contributed by atoms with van der Waals surface area (Å²) in [6, 6.07) is 11.7. The fraction of sp³-hybridized carbons (Fsp3) is 0.278. The number of aryl methyl sites for hydroxylation is 1. The monoisotopic (exact) mass is 457 g/mol. The van der Waals surface area contributed by atoms with E-state index in [1.807, 2.05) is 30.3 Å². The summed E-state index contributed by atoms with van der Waals surface area (Å²) in [7, 11) is 0. The maximum absolute atomic E-state index is 6.26. The molecular weight excluding hydrogens is 441 g/mol. The van der Waals surface area contributed by atoms with Crippen LogP contribution < -0.4 is 10.2 Å². The van der Waals surface area contributed by atoms with E-state index >= 15 is 0 Å². The molecule has 25 heavy (non-hydrogen) atoms. The minimum atomic E-state index is 0.643. The lowest BCUT2D eigenvalue weighted by Crippen LogP contribution is -2.50. The second-order valence-electron chi connectivity index (χ2n) is 5.96. The van der Waals surface area contributed by atoms with Crippen molar-refractivity contribution >= 4 is 67.8 Å². The van der Waals surface area contributed by atoms with Gasteiger partial charge in [-0.3, -0.25) is 0 Å². The molecule has 1 fully saturated rings. The average Bonchev–Trinajstić information content (AvgIpc) is 2.59. The van der Waals surface area contributed by atoms with Crippen molar-refractivity contribution < 1.29 is 0 Å². The van der Waals surface area contributed by atoms with Gasteiger partial charge in [-0.1, -0.05) is 45.2 Å². The Labute approximate surface area is 172 Å². The van der Waals surface area contributed by atoms with Gasteiger partial charge < -0.3 is 15.1 Å². The van der Waals surface area contributed by atoms with Gasteiger partial charge in [-0.2, -0.15) is 0 Å². The molecular formula is C18H18BrCl2N3S. The van der Waals surface area contributed by atoms with Crippen LogP contribution >= 0.6 is 51.3 Å². The standard InChI is InChI=1S/C18H18BrCl2N3S/c1-12-2-4-14(20)11-17(12)23-6-8-24(9-7-23)18(25)22-16-5-3-13(19)10-15(16)21/h2-5,10-11H,6-9H2,1H3,(H,22,25). The highest BCUT2D eigenvalue weighted by Gasteiger charge is 2.20. The van der Waals surface area contributed by atoms with E-state index in [1.165, 1.54) is 11.3 Å². The molecule has 0 spiro atoms. The van der Waals surface area contributed by atoms with Crippen molar-refractivity contribution in [3.63, 3.8) is 0 Å². The summed E-state index contributed by atoms with van der Waals surface area (Å²) < 4.78 is 0.944. The Kier molecular flexibility index (Phi) is 6.10. The maximum Gasteiger partial charge on any atom is 0.173 e. The van der Waals surface area contributed by atoms with Gasteiger partial charge in [0, 0.05) is 41.4 Å². The van der Waals surface area contributed by atoms with Crippen LogP contribution in [0, 0.1) is 6.92 Å². The van der Waals surface area contributed by atoms with E-state index in [0.29, 0.717) is 10.1 Å². The molecule has 0 bridgehead atoms. The first kappa shape index (κ1) is 18.8. The molecule has 132 valence electrons. The Hall–Kier alpha value is -1.01. The van der Waals surface area contributed by atoms with E-state index in [-0.39, 0.29) is 0 Å². The molecule has 3 rings (SSSR count). The summed E-state index contributed by atoms with van der Waals surface area (Å²) >= 11 is 21.4. The highest BCUT2D eigenvalue weighted by Crippen LogP contribution is 2.27. The van der Waals surface area contributed by atoms with Crippen LogP contribution in [-0.2, 0) is 0 Å². The van der Waals surface area contributed by atoms with Crippen molar-refractivity contribution in [1.82, 2.24) is 4.90 Å². The number of halogens is 3. The van der Waals surface area contributed by atoms with E-state index in [2.05, 4.69) is 44.0 Å². The van der Waals surface area contributed by atoms with Gasteiger partial charge in [0.25, 0.3) is 0 Å². The van der Waals surface area contributed by atoms with E-state index in [4.69, 9.17) is 35.4 Å². The smallest absolute Gasteiger partial charge is 0.173 e. The van der Waals surface area contributed by atoms with Crippen molar-refractivity contribution in [2.24, 2.45) is 0 Å². The highest BCUT2D eigenvalue weighted by atomic mass is 79.9. The molecule has 1 heterocycles. The first-order valence-electron chi connectivity index (χ1n) is 7.96. The number of nitrogens with zero attached hydrogens (tertiary/aromatic N) is 2. The van der Waals surface area contributed by atoms with Crippen LogP contribution in [0.4, 0.5) is 11.4 Å². The zero-order valence-corrected chi connectivity index (χ0v) is 17.6. The van der Waals surface area contributed by atoms with Gasteiger partial charge in [-0.15, -0.1) is 0 Å². The van der Waals surface area contributed by atoms with Gasteiger partial charge in [0.05, 0.1) is 10.7 Å². The molecule has 0 amide bonds. The summed E-state index contributed by atoms with van der Waals surface area (Å²) in [6.45, 7) is 5.62. The van der Waals surface area contributed by atoms with Crippen LogP contribution in [-0.4, -0.2) is 36.2 Å². The lowest BCUT2D eigenvalue weighted by molar-refractivity contribution is 0.390. The highest BCUT2D eigenvalue weighted by molar-refractivity contribution is 9.10. The number of benzene rings is 2. The molecule has 2 aromatic carbocycles. The molecule has 7 heteroatoms. The number of thiocarbonyl (C=S) groups is 1. The third-order valence-corrected chi connectivity index (χ3v) is 5.65. The van der Waals surface area contributed by atoms with Crippen molar-refractivity contribution in [1.29, 1.82) is 0 Å². The van der Waals surface area contributed by atoms with Gasteiger partial charge >= 0.3 is 0 Å². The van der Waals surface area contributed by atoms with Crippen molar-refractivity contribution in [2.75, 3.05) is 36.4 Å². The van der Waals surface area contributed by atoms with Gasteiger partial charge in [0.15, 0.2) is 5.11 Å². The van der Waals surface area contributed by atoms with E-state index in [0.717, 1.165) is 41.4 Å². The number of hydrogen-bond donors (Lipinski definition) is 1. The van der Waals surface area contributed by atoms with Gasteiger partial charge in [-0.25, -0.2) is 0 Å². The second kappa shape index (κ2) is 8.12. The third kappa shape index (κ3) is 4.59. The lowest BCUT2D eigenvalue weighted by Gasteiger charge is -2.38. The van der Waals surface area contributed by atoms with Crippen LogP contribution in [0.25, 0.3) is 0 Å². The van der Waals surface area contributed by atoms with E-state index in [9.17, 15) is 0 Å². The van der Waals surface area contributed by atoms with Gasteiger partial charge in [-0.05, 0) is 55.0 Å². The molecule has 0 saturated carbocycles. The minimum absolute atomic E-state index is 0.643. The Bertz CT molecular complexity index is 792. The van der Waals surface area contributed by atoms with E-state index in [1.54, 1.807) is 0 Å². The van der Waals surface area contributed by atoms with Crippen LogP contribution in [0.15, 0.2) is 40.9 Å². The molecule has 0 unspecified atom stereocenters. The topological polar surface area (TPSA) is 18.5 Å². The SMILES string of the molecule is Cc1ccc(Cl)cc1N1CCN(C(=S)Nc2ccc(Br)cc2Cl)CC1. The zero-order valence-electron chi connectivity index (χ0n) is 13.7. The number of anilines is 2. The Morgan fingerprint density at radius 2 is 1.80 bits per heavy atom. The Morgan fingerprint density at radius 3 is 2.48 bits per heavy atom. The zero-order chi connectivity index (χ0) is 18.0. The molecule has 2 aromatic rings. The van der Waals surface area contributed by atoms with E-state index < -0.39 is 0 Å². The summed E-state index contributed by atoms with van der Waals surface area (Å²) in [4.78, 5) is 4.52. The fourth-order valence-electron chi connectivity index (χ4n) is 2.86. The number of hydrogen-bond acceptors (Lipinski definition) is 2. The van der Waals surface area contributed by atoms with Crippen LogP contribution in [0.3, 0.4) is 0 Å². The summed E-state index contributed by atoms with van der Waals surface area (Å²) in [5.41, 5.74) is 3.25. The number of rotatable bonds is 2. The molecule has 0 radical (unpaired) electrons. The lowest BCUT2D eigenvalue weighted by atomic mass is 10.1. The Morgan fingerprint density at radius 1 is 1.08 bits per heavy atom. The molecule has 1 saturated heterocycles. The van der Waals surface area contributed by atoms with Crippen molar-refractivity contribution in [3.8, 4) is 0 Å². The van der Waals surface area contributed by atoms with Crippen LogP contribution in [0.5, 0.6) is 0 Å². The maximum atomic E-state index is 6.26. The van der Waals surface area contributed by atoms with Crippen LogP contribution in [0.1, 0.15) is 5.56 Å².